The highest BCUT2D eigenvalue weighted by molar-refractivity contribution is 5.78. The monoisotopic (exact) mass is 289 g/mol. The molecule has 0 bridgehead atoms. The van der Waals surface area contributed by atoms with Crippen LogP contribution in [-0.2, 0) is 11.3 Å². The number of likely N-dealkylation sites (tertiary alicyclic amines) is 1. The van der Waals surface area contributed by atoms with Crippen molar-refractivity contribution < 1.29 is 4.79 Å². The van der Waals surface area contributed by atoms with E-state index < -0.39 is 0 Å². The van der Waals surface area contributed by atoms with E-state index in [1.807, 2.05) is 0 Å². The van der Waals surface area contributed by atoms with Crippen LogP contribution in [-0.4, -0.2) is 37.0 Å². The lowest BCUT2D eigenvalue weighted by Gasteiger charge is -2.32. The zero-order valence-electron chi connectivity index (χ0n) is 13.2. The molecule has 116 valence electrons. The van der Waals surface area contributed by atoms with Crippen molar-refractivity contribution in [1.82, 2.24) is 10.2 Å². The Morgan fingerprint density at radius 2 is 2.24 bits per heavy atom. The van der Waals surface area contributed by atoms with Crippen LogP contribution >= 0.6 is 0 Å². The van der Waals surface area contributed by atoms with Gasteiger partial charge in [0.25, 0.3) is 0 Å². The molecule has 0 radical (unpaired) electrons. The summed E-state index contributed by atoms with van der Waals surface area (Å²) in [7, 11) is 0. The predicted molar refractivity (Wildman–Crippen MR) is 86.0 cm³/mol. The van der Waals surface area contributed by atoms with Gasteiger partial charge >= 0.3 is 0 Å². The van der Waals surface area contributed by atoms with Crippen molar-refractivity contribution in [2.75, 3.05) is 26.2 Å². The molecule has 0 spiro atoms. The highest BCUT2D eigenvalue weighted by Gasteiger charge is 2.25. The smallest absolute Gasteiger partial charge is 0.224 e. The minimum Gasteiger partial charge on any atom is -0.355 e. The molecule has 1 aliphatic rings. The Bertz CT molecular complexity index is 487. The average molecular weight is 289 g/mol. The number of hydrogen-bond acceptors (Lipinski definition) is 3. The van der Waals surface area contributed by atoms with E-state index in [4.69, 9.17) is 5.73 Å². The van der Waals surface area contributed by atoms with E-state index in [9.17, 15) is 4.79 Å². The SMILES string of the molecule is Cc1ccc(CN2CCCC(C(=O)NCCN)C2)c(C)c1. The largest absolute Gasteiger partial charge is 0.355 e. The van der Waals surface area contributed by atoms with Crippen molar-refractivity contribution in [1.29, 1.82) is 0 Å². The Morgan fingerprint density at radius 1 is 1.43 bits per heavy atom. The van der Waals surface area contributed by atoms with Gasteiger partial charge in [-0.05, 0) is 44.4 Å². The summed E-state index contributed by atoms with van der Waals surface area (Å²) in [5, 5.41) is 2.91. The van der Waals surface area contributed by atoms with Gasteiger partial charge in [0.15, 0.2) is 0 Å². The van der Waals surface area contributed by atoms with Gasteiger partial charge in [-0.25, -0.2) is 0 Å². The second kappa shape index (κ2) is 7.57. The normalized spacial score (nSPS) is 19.5. The van der Waals surface area contributed by atoms with Gasteiger partial charge in [0.05, 0.1) is 5.92 Å². The third kappa shape index (κ3) is 4.55. The lowest BCUT2D eigenvalue weighted by molar-refractivity contribution is -0.126. The van der Waals surface area contributed by atoms with E-state index in [-0.39, 0.29) is 11.8 Å². The maximum Gasteiger partial charge on any atom is 0.224 e. The van der Waals surface area contributed by atoms with Crippen LogP contribution < -0.4 is 11.1 Å². The third-order valence-corrected chi connectivity index (χ3v) is 4.21. The van der Waals surface area contributed by atoms with Gasteiger partial charge in [0, 0.05) is 26.2 Å². The van der Waals surface area contributed by atoms with Crippen molar-refractivity contribution in [3.05, 3.63) is 34.9 Å². The van der Waals surface area contributed by atoms with E-state index in [1.54, 1.807) is 0 Å². The van der Waals surface area contributed by atoms with Crippen LogP contribution in [0.2, 0.25) is 0 Å². The first-order chi connectivity index (χ1) is 10.1. The molecule has 1 aromatic rings. The van der Waals surface area contributed by atoms with Gasteiger partial charge in [-0.1, -0.05) is 23.8 Å². The molecule has 1 saturated heterocycles. The lowest BCUT2D eigenvalue weighted by Crippen LogP contribution is -2.43. The number of nitrogens with two attached hydrogens (primary N) is 1. The summed E-state index contributed by atoms with van der Waals surface area (Å²) in [6, 6.07) is 6.60. The number of carbonyl (C=O) groups excluding carboxylic acids is 1. The molecule has 4 nitrogen and oxygen atoms in total. The Morgan fingerprint density at radius 3 is 2.95 bits per heavy atom. The first kappa shape index (κ1) is 16.0. The first-order valence-corrected chi connectivity index (χ1v) is 7.86. The van der Waals surface area contributed by atoms with E-state index in [0.29, 0.717) is 13.1 Å². The van der Waals surface area contributed by atoms with Gasteiger partial charge in [0.1, 0.15) is 0 Å². The second-order valence-electron chi connectivity index (χ2n) is 6.08. The van der Waals surface area contributed by atoms with Crippen molar-refractivity contribution in [3.8, 4) is 0 Å². The van der Waals surface area contributed by atoms with Crippen LogP contribution in [0, 0.1) is 19.8 Å². The number of nitrogens with zero attached hydrogens (tertiary/aromatic N) is 1. The molecular weight excluding hydrogens is 262 g/mol. The van der Waals surface area contributed by atoms with E-state index >= 15 is 0 Å². The van der Waals surface area contributed by atoms with Gasteiger partial charge in [-0.3, -0.25) is 9.69 Å². The molecule has 1 aliphatic heterocycles. The van der Waals surface area contributed by atoms with E-state index in [2.05, 4.69) is 42.3 Å². The first-order valence-electron chi connectivity index (χ1n) is 7.86. The van der Waals surface area contributed by atoms with Crippen molar-refractivity contribution in [3.63, 3.8) is 0 Å². The molecule has 3 N–H and O–H groups in total. The maximum absolute atomic E-state index is 12.1. The third-order valence-electron chi connectivity index (χ3n) is 4.21. The van der Waals surface area contributed by atoms with E-state index in [1.165, 1.54) is 16.7 Å². The topological polar surface area (TPSA) is 58.4 Å². The van der Waals surface area contributed by atoms with Crippen LogP contribution in [0.3, 0.4) is 0 Å². The van der Waals surface area contributed by atoms with Crippen LogP contribution in [0.25, 0.3) is 0 Å². The molecule has 0 saturated carbocycles. The highest BCUT2D eigenvalue weighted by Crippen LogP contribution is 2.20. The van der Waals surface area contributed by atoms with Gasteiger partial charge in [0.2, 0.25) is 5.91 Å². The Balaban J connectivity index is 1.93. The fraction of sp³-hybridized carbons (Fsp3) is 0.588. The summed E-state index contributed by atoms with van der Waals surface area (Å²) in [6.45, 7) is 8.23. The van der Waals surface area contributed by atoms with Crippen LogP contribution in [0.5, 0.6) is 0 Å². The summed E-state index contributed by atoms with van der Waals surface area (Å²) < 4.78 is 0. The predicted octanol–water partition coefficient (Wildman–Crippen LogP) is 1.59. The number of nitrogens with one attached hydrogen (secondary N) is 1. The molecule has 0 aromatic heterocycles. The molecule has 0 aliphatic carbocycles. The summed E-state index contributed by atoms with van der Waals surface area (Å²) in [5.74, 6) is 0.266. The molecule has 1 aromatic carbocycles. The molecule has 2 rings (SSSR count). The quantitative estimate of drug-likeness (QED) is 0.865. The van der Waals surface area contributed by atoms with E-state index in [0.717, 1.165) is 32.5 Å². The summed E-state index contributed by atoms with van der Waals surface area (Å²) in [5.41, 5.74) is 9.44. The Labute approximate surface area is 127 Å². The number of benzene rings is 1. The molecule has 1 atom stereocenters. The number of rotatable bonds is 5. The van der Waals surface area contributed by atoms with Gasteiger partial charge in [-0.2, -0.15) is 0 Å². The zero-order chi connectivity index (χ0) is 15.2. The number of piperidine rings is 1. The molecule has 21 heavy (non-hydrogen) atoms. The minimum atomic E-state index is 0.107. The second-order valence-corrected chi connectivity index (χ2v) is 6.08. The average Bonchev–Trinajstić information content (AvgIpc) is 2.48. The summed E-state index contributed by atoms with van der Waals surface area (Å²) in [4.78, 5) is 14.5. The van der Waals surface area contributed by atoms with Crippen molar-refractivity contribution in [2.24, 2.45) is 11.7 Å². The van der Waals surface area contributed by atoms with Gasteiger partial charge < -0.3 is 11.1 Å². The fourth-order valence-electron chi connectivity index (χ4n) is 3.02. The van der Waals surface area contributed by atoms with Gasteiger partial charge in [-0.15, -0.1) is 0 Å². The molecule has 1 unspecified atom stereocenters. The number of amides is 1. The molecule has 1 fully saturated rings. The summed E-state index contributed by atoms with van der Waals surface area (Å²) >= 11 is 0. The fourth-order valence-corrected chi connectivity index (χ4v) is 3.02. The van der Waals surface area contributed by atoms with Crippen LogP contribution in [0.15, 0.2) is 18.2 Å². The standard InChI is InChI=1S/C17H27N3O/c1-13-5-6-15(14(2)10-13)11-20-9-3-4-16(12-20)17(21)19-8-7-18/h5-6,10,16H,3-4,7-9,11-12,18H2,1-2H3,(H,19,21). The Kier molecular flexibility index (Phi) is 5.76. The minimum absolute atomic E-state index is 0.107. The maximum atomic E-state index is 12.1. The number of aryl methyl sites for hydroxylation is 2. The van der Waals surface area contributed by atoms with Crippen molar-refractivity contribution >= 4 is 5.91 Å². The molecule has 4 heteroatoms. The Hall–Kier alpha value is -1.39. The van der Waals surface area contributed by atoms with Crippen molar-refractivity contribution in [2.45, 2.75) is 33.2 Å². The lowest BCUT2D eigenvalue weighted by atomic mass is 9.96. The summed E-state index contributed by atoms with van der Waals surface area (Å²) in [6.07, 6.45) is 2.07. The number of carbonyl (C=O) groups is 1. The highest BCUT2D eigenvalue weighted by atomic mass is 16.1. The number of hydrogen-bond donors (Lipinski definition) is 2. The molecular formula is C17H27N3O. The molecule has 1 amide bonds. The molecule has 1 heterocycles. The van der Waals surface area contributed by atoms with Crippen LogP contribution in [0.1, 0.15) is 29.5 Å². The van der Waals surface area contributed by atoms with Crippen LogP contribution in [0.4, 0.5) is 0 Å². The zero-order valence-corrected chi connectivity index (χ0v) is 13.2.